The average molecular weight is 288 g/mol. The zero-order valence-electron chi connectivity index (χ0n) is 10.6. The zero-order chi connectivity index (χ0) is 14.3. The van der Waals surface area contributed by atoms with Crippen molar-refractivity contribution < 1.29 is 14.3 Å². The van der Waals surface area contributed by atoms with Crippen molar-refractivity contribution in [2.45, 2.75) is 0 Å². The van der Waals surface area contributed by atoms with Crippen LogP contribution in [0.3, 0.4) is 0 Å². The third-order valence-corrected chi connectivity index (χ3v) is 3.36. The maximum Gasteiger partial charge on any atom is 0.261 e. The molecule has 0 bridgehead atoms. The number of imide groups is 1. The first-order chi connectivity index (χ1) is 9.56. The van der Waals surface area contributed by atoms with Gasteiger partial charge in [0.25, 0.3) is 11.8 Å². The molecule has 2 aromatic rings. The number of rotatable bonds is 2. The van der Waals surface area contributed by atoms with Crippen LogP contribution in [-0.4, -0.2) is 23.8 Å². The standard InChI is InChI=1S/C15H10ClNO3/c1-17-14(18)12-7-6-11(8-13(12)15(17)19)20-10-4-2-9(16)3-5-10/h2-8H,1H3. The second-order valence-corrected chi connectivity index (χ2v) is 4.87. The SMILES string of the molecule is CN1C(=O)c2ccc(Oc3ccc(Cl)cc3)cc2C1=O. The van der Waals surface area contributed by atoms with Gasteiger partial charge in [0.1, 0.15) is 11.5 Å². The van der Waals surface area contributed by atoms with Crippen LogP contribution in [0.5, 0.6) is 11.5 Å². The zero-order valence-corrected chi connectivity index (χ0v) is 11.3. The molecule has 2 amide bonds. The van der Waals surface area contributed by atoms with Gasteiger partial charge in [0.2, 0.25) is 0 Å². The van der Waals surface area contributed by atoms with Crippen LogP contribution >= 0.6 is 11.6 Å². The van der Waals surface area contributed by atoms with E-state index in [-0.39, 0.29) is 11.8 Å². The Labute approximate surface area is 120 Å². The fourth-order valence-electron chi connectivity index (χ4n) is 2.04. The predicted octanol–water partition coefficient (Wildman–Crippen LogP) is 3.36. The molecule has 0 spiro atoms. The van der Waals surface area contributed by atoms with Gasteiger partial charge in [-0.05, 0) is 42.5 Å². The number of amides is 2. The van der Waals surface area contributed by atoms with Gasteiger partial charge < -0.3 is 4.74 Å². The van der Waals surface area contributed by atoms with E-state index < -0.39 is 0 Å². The fourth-order valence-corrected chi connectivity index (χ4v) is 2.17. The third kappa shape index (κ3) is 2.04. The molecule has 0 aliphatic carbocycles. The normalized spacial score (nSPS) is 13.6. The Kier molecular flexibility index (Phi) is 2.95. The minimum atomic E-state index is -0.313. The van der Waals surface area contributed by atoms with Gasteiger partial charge in [-0.2, -0.15) is 0 Å². The minimum Gasteiger partial charge on any atom is -0.457 e. The summed E-state index contributed by atoms with van der Waals surface area (Å²) in [5.74, 6) is 0.511. The number of hydrogen-bond donors (Lipinski definition) is 0. The molecule has 1 heterocycles. The molecule has 0 unspecified atom stereocenters. The summed E-state index contributed by atoms with van der Waals surface area (Å²) in [5.41, 5.74) is 0.768. The van der Waals surface area contributed by atoms with E-state index in [1.807, 2.05) is 0 Å². The molecule has 1 aliphatic rings. The fraction of sp³-hybridized carbons (Fsp3) is 0.0667. The number of nitrogens with zero attached hydrogens (tertiary/aromatic N) is 1. The van der Waals surface area contributed by atoms with Crippen LogP contribution in [-0.2, 0) is 0 Å². The Morgan fingerprint density at radius 1 is 0.900 bits per heavy atom. The molecule has 5 heteroatoms. The van der Waals surface area contributed by atoms with Crippen molar-refractivity contribution in [3.8, 4) is 11.5 Å². The highest BCUT2D eigenvalue weighted by Gasteiger charge is 2.32. The molecule has 100 valence electrons. The molecule has 0 atom stereocenters. The molecule has 0 radical (unpaired) electrons. The maximum atomic E-state index is 11.9. The van der Waals surface area contributed by atoms with Crippen molar-refractivity contribution in [3.63, 3.8) is 0 Å². The largest absolute Gasteiger partial charge is 0.457 e. The lowest BCUT2D eigenvalue weighted by atomic mass is 10.1. The number of carbonyl (C=O) groups is 2. The molecule has 20 heavy (non-hydrogen) atoms. The van der Waals surface area contributed by atoms with Gasteiger partial charge in [0.15, 0.2) is 0 Å². The number of carbonyl (C=O) groups excluding carboxylic acids is 2. The number of halogens is 1. The van der Waals surface area contributed by atoms with Gasteiger partial charge in [-0.1, -0.05) is 11.6 Å². The summed E-state index contributed by atoms with van der Waals surface area (Å²) in [6.45, 7) is 0. The molecule has 0 aromatic heterocycles. The van der Waals surface area contributed by atoms with Crippen molar-refractivity contribution in [2.24, 2.45) is 0 Å². The third-order valence-electron chi connectivity index (χ3n) is 3.11. The van der Waals surface area contributed by atoms with Gasteiger partial charge in [-0.15, -0.1) is 0 Å². The lowest BCUT2D eigenvalue weighted by Gasteiger charge is -2.06. The van der Waals surface area contributed by atoms with Crippen molar-refractivity contribution >= 4 is 23.4 Å². The molecule has 0 saturated carbocycles. The highest BCUT2D eigenvalue weighted by molar-refractivity contribution is 6.30. The molecule has 0 saturated heterocycles. The number of fused-ring (bicyclic) bond motifs is 1. The first-order valence-corrected chi connectivity index (χ1v) is 6.34. The first-order valence-electron chi connectivity index (χ1n) is 5.96. The van der Waals surface area contributed by atoms with Gasteiger partial charge in [0, 0.05) is 12.1 Å². The first kappa shape index (κ1) is 12.7. The number of benzene rings is 2. The summed E-state index contributed by atoms with van der Waals surface area (Å²) in [4.78, 5) is 24.7. The van der Waals surface area contributed by atoms with Crippen LogP contribution in [0, 0.1) is 0 Å². The number of ether oxygens (including phenoxy) is 1. The van der Waals surface area contributed by atoms with Gasteiger partial charge in [-0.25, -0.2) is 0 Å². The van der Waals surface area contributed by atoms with E-state index in [2.05, 4.69) is 0 Å². The van der Waals surface area contributed by atoms with E-state index in [4.69, 9.17) is 16.3 Å². The highest BCUT2D eigenvalue weighted by atomic mass is 35.5. The van der Waals surface area contributed by atoms with E-state index in [9.17, 15) is 9.59 Å². The van der Waals surface area contributed by atoms with E-state index >= 15 is 0 Å². The van der Waals surface area contributed by atoms with E-state index in [1.54, 1.807) is 42.5 Å². The smallest absolute Gasteiger partial charge is 0.261 e. The van der Waals surface area contributed by atoms with Gasteiger partial charge >= 0.3 is 0 Å². The Morgan fingerprint density at radius 3 is 2.20 bits per heavy atom. The van der Waals surface area contributed by atoms with Crippen molar-refractivity contribution in [3.05, 3.63) is 58.6 Å². The monoisotopic (exact) mass is 287 g/mol. The Balaban J connectivity index is 1.92. The Hall–Kier alpha value is -2.33. The van der Waals surface area contributed by atoms with Gasteiger partial charge in [-0.3, -0.25) is 14.5 Å². The quantitative estimate of drug-likeness (QED) is 0.796. The molecule has 1 aliphatic heterocycles. The van der Waals surface area contributed by atoms with Crippen molar-refractivity contribution in [1.29, 1.82) is 0 Å². The molecular weight excluding hydrogens is 278 g/mol. The van der Waals surface area contributed by atoms with E-state index in [0.29, 0.717) is 27.6 Å². The highest BCUT2D eigenvalue weighted by Crippen LogP contribution is 2.29. The molecule has 0 N–H and O–H groups in total. The second kappa shape index (κ2) is 4.65. The van der Waals surface area contributed by atoms with Crippen molar-refractivity contribution in [1.82, 2.24) is 4.90 Å². The Morgan fingerprint density at radius 2 is 1.50 bits per heavy atom. The van der Waals surface area contributed by atoms with Crippen LogP contribution < -0.4 is 4.74 Å². The van der Waals surface area contributed by atoms with Gasteiger partial charge in [0.05, 0.1) is 11.1 Å². The predicted molar refractivity (Wildman–Crippen MR) is 74.4 cm³/mol. The number of hydrogen-bond acceptors (Lipinski definition) is 3. The van der Waals surface area contributed by atoms with E-state index in [0.717, 1.165) is 4.90 Å². The van der Waals surface area contributed by atoms with Crippen LogP contribution in [0.25, 0.3) is 0 Å². The molecular formula is C15H10ClNO3. The van der Waals surface area contributed by atoms with E-state index in [1.165, 1.54) is 7.05 Å². The summed E-state index contributed by atoms with van der Waals surface area (Å²) in [7, 11) is 1.46. The molecule has 2 aromatic carbocycles. The lowest BCUT2D eigenvalue weighted by molar-refractivity contribution is 0.0693. The summed E-state index contributed by atoms with van der Waals surface area (Å²) in [6, 6.07) is 11.7. The molecule has 3 rings (SSSR count). The minimum absolute atomic E-state index is 0.289. The van der Waals surface area contributed by atoms with Crippen LogP contribution in [0.4, 0.5) is 0 Å². The van der Waals surface area contributed by atoms with Crippen molar-refractivity contribution in [2.75, 3.05) is 7.05 Å². The molecule has 0 fully saturated rings. The topological polar surface area (TPSA) is 46.6 Å². The summed E-state index contributed by atoms with van der Waals surface area (Å²) in [5, 5.41) is 0.619. The van der Waals surface area contributed by atoms with Crippen LogP contribution in [0.2, 0.25) is 5.02 Å². The maximum absolute atomic E-state index is 11.9. The lowest BCUT2D eigenvalue weighted by Crippen LogP contribution is -2.24. The average Bonchev–Trinajstić information content (AvgIpc) is 2.66. The molecule has 4 nitrogen and oxygen atoms in total. The second-order valence-electron chi connectivity index (χ2n) is 4.43. The summed E-state index contributed by atoms with van der Waals surface area (Å²) in [6.07, 6.45) is 0. The van der Waals surface area contributed by atoms with Crippen LogP contribution in [0.15, 0.2) is 42.5 Å². The summed E-state index contributed by atoms with van der Waals surface area (Å²) < 4.78 is 5.64. The summed E-state index contributed by atoms with van der Waals surface area (Å²) >= 11 is 5.80. The van der Waals surface area contributed by atoms with Crippen LogP contribution in [0.1, 0.15) is 20.7 Å². The Bertz CT molecular complexity index is 710.